The lowest BCUT2D eigenvalue weighted by Crippen LogP contribution is -2.37. The highest BCUT2D eigenvalue weighted by Gasteiger charge is 2.20. The first-order valence-electron chi connectivity index (χ1n) is 7.15. The smallest absolute Gasteiger partial charge is 0.129 e. The highest BCUT2D eigenvalue weighted by molar-refractivity contribution is 5.43. The van der Waals surface area contributed by atoms with Crippen LogP contribution < -0.4 is 4.90 Å². The van der Waals surface area contributed by atoms with Crippen molar-refractivity contribution in [1.82, 2.24) is 4.98 Å². The van der Waals surface area contributed by atoms with Crippen LogP contribution in [-0.4, -0.2) is 36.4 Å². The Bertz CT molecular complexity index is 401. The average Bonchev–Trinajstić information content (AvgIpc) is 2.47. The summed E-state index contributed by atoms with van der Waals surface area (Å²) >= 11 is 0. The van der Waals surface area contributed by atoms with E-state index in [4.69, 9.17) is 9.72 Å². The van der Waals surface area contributed by atoms with Crippen molar-refractivity contribution in [1.29, 1.82) is 0 Å². The lowest BCUT2D eigenvalue weighted by molar-refractivity contribution is 0.0818. The molecule has 0 bridgehead atoms. The maximum Gasteiger partial charge on any atom is 0.129 e. The Labute approximate surface area is 115 Å². The first-order chi connectivity index (χ1) is 9.26. The van der Waals surface area contributed by atoms with Crippen LogP contribution in [0.5, 0.6) is 0 Å². The van der Waals surface area contributed by atoms with Gasteiger partial charge in [0.25, 0.3) is 0 Å². The topological polar surface area (TPSA) is 45.6 Å². The van der Waals surface area contributed by atoms with Crippen LogP contribution in [-0.2, 0) is 17.8 Å². The Balaban J connectivity index is 2.12. The molecule has 4 nitrogen and oxygen atoms in total. The van der Waals surface area contributed by atoms with E-state index in [1.807, 2.05) is 12.1 Å². The number of pyridine rings is 1. The molecule has 1 fully saturated rings. The van der Waals surface area contributed by atoms with Crippen molar-refractivity contribution < 1.29 is 9.84 Å². The second-order valence-corrected chi connectivity index (χ2v) is 5.16. The first-order valence-corrected chi connectivity index (χ1v) is 7.15. The van der Waals surface area contributed by atoms with Crippen molar-refractivity contribution in [3.05, 3.63) is 23.4 Å². The van der Waals surface area contributed by atoms with Crippen molar-refractivity contribution in [3.63, 3.8) is 0 Å². The van der Waals surface area contributed by atoms with Gasteiger partial charge in [-0.15, -0.1) is 0 Å². The Morgan fingerprint density at radius 1 is 1.37 bits per heavy atom. The highest BCUT2D eigenvalue weighted by Crippen LogP contribution is 2.21. The van der Waals surface area contributed by atoms with Crippen LogP contribution in [0.3, 0.4) is 0 Å². The quantitative estimate of drug-likeness (QED) is 0.885. The molecule has 19 heavy (non-hydrogen) atoms. The van der Waals surface area contributed by atoms with Crippen molar-refractivity contribution in [2.24, 2.45) is 0 Å². The summed E-state index contributed by atoms with van der Waals surface area (Å²) in [5, 5.41) is 9.37. The van der Waals surface area contributed by atoms with Crippen LogP contribution in [0.4, 0.5) is 5.82 Å². The molecule has 4 heteroatoms. The number of hydrogen-bond acceptors (Lipinski definition) is 4. The number of aryl methyl sites for hydroxylation is 1. The third-order valence-corrected chi connectivity index (χ3v) is 3.71. The predicted molar refractivity (Wildman–Crippen MR) is 76.4 cm³/mol. The predicted octanol–water partition coefficient (Wildman–Crippen LogP) is 2.14. The minimum Gasteiger partial charge on any atom is -0.392 e. The number of rotatable bonds is 5. The summed E-state index contributed by atoms with van der Waals surface area (Å²) in [7, 11) is 1.78. The van der Waals surface area contributed by atoms with E-state index < -0.39 is 0 Å². The van der Waals surface area contributed by atoms with E-state index in [9.17, 15) is 5.11 Å². The molecule has 0 amide bonds. The van der Waals surface area contributed by atoms with Crippen molar-refractivity contribution >= 4 is 5.82 Å². The lowest BCUT2D eigenvalue weighted by Gasteiger charge is -2.32. The summed E-state index contributed by atoms with van der Waals surface area (Å²) in [6.07, 6.45) is 4.52. The van der Waals surface area contributed by atoms with E-state index in [0.717, 1.165) is 55.8 Å². The lowest BCUT2D eigenvalue weighted by atomic mass is 10.1. The number of nitrogens with zero attached hydrogens (tertiary/aromatic N) is 2. The van der Waals surface area contributed by atoms with Crippen LogP contribution in [0.1, 0.15) is 37.4 Å². The summed E-state index contributed by atoms with van der Waals surface area (Å²) in [6.45, 7) is 4.19. The molecular weight excluding hydrogens is 240 g/mol. The first kappa shape index (κ1) is 14.3. The standard InChI is InChI=1S/C15H24N2O2/c1-3-4-13-9-12(11-18)10-15(16-13)17-7-5-14(19-2)6-8-17/h9-10,14,18H,3-8,11H2,1-2H3. The van der Waals surface area contributed by atoms with E-state index in [-0.39, 0.29) is 6.61 Å². The van der Waals surface area contributed by atoms with Gasteiger partial charge >= 0.3 is 0 Å². The molecule has 0 atom stereocenters. The molecule has 1 aliphatic rings. The molecule has 1 aromatic rings. The maximum absolute atomic E-state index is 9.37. The molecule has 0 aromatic carbocycles. The van der Waals surface area contributed by atoms with Gasteiger partial charge in [0.2, 0.25) is 0 Å². The molecule has 0 unspecified atom stereocenters. The van der Waals surface area contributed by atoms with Crippen LogP contribution in [0.15, 0.2) is 12.1 Å². The number of aromatic nitrogens is 1. The van der Waals surface area contributed by atoms with Crippen molar-refractivity contribution in [2.75, 3.05) is 25.1 Å². The molecular formula is C15H24N2O2. The fourth-order valence-corrected chi connectivity index (χ4v) is 2.59. The number of ether oxygens (including phenoxy) is 1. The third kappa shape index (κ3) is 3.67. The summed E-state index contributed by atoms with van der Waals surface area (Å²) in [5.41, 5.74) is 2.04. The minimum absolute atomic E-state index is 0.0841. The van der Waals surface area contributed by atoms with Gasteiger partial charge in [0.15, 0.2) is 0 Å². The van der Waals surface area contributed by atoms with E-state index in [0.29, 0.717) is 6.10 Å². The Kier molecular flexibility index (Phi) is 5.16. The zero-order valence-electron chi connectivity index (χ0n) is 11.9. The van der Waals surface area contributed by atoms with Crippen LogP contribution in [0.25, 0.3) is 0 Å². The molecule has 106 valence electrons. The molecule has 1 aliphatic heterocycles. The van der Waals surface area contributed by atoms with Gasteiger partial charge in [-0.2, -0.15) is 0 Å². The largest absolute Gasteiger partial charge is 0.392 e. The fraction of sp³-hybridized carbons (Fsp3) is 0.667. The monoisotopic (exact) mass is 264 g/mol. The van der Waals surface area contributed by atoms with Gasteiger partial charge in [-0.25, -0.2) is 4.98 Å². The second kappa shape index (κ2) is 6.87. The number of methoxy groups -OCH3 is 1. The van der Waals surface area contributed by atoms with Gasteiger partial charge in [-0.05, 0) is 37.0 Å². The Morgan fingerprint density at radius 2 is 2.11 bits per heavy atom. The van der Waals surface area contributed by atoms with Gasteiger partial charge in [0.1, 0.15) is 5.82 Å². The Hall–Kier alpha value is -1.13. The van der Waals surface area contributed by atoms with E-state index >= 15 is 0 Å². The molecule has 0 spiro atoms. The van der Waals surface area contributed by atoms with Crippen molar-refractivity contribution in [2.45, 2.75) is 45.3 Å². The summed E-state index contributed by atoms with van der Waals surface area (Å²) < 4.78 is 5.40. The van der Waals surface area contributed by atoms with E-state index in [1.54, 1.807) is 7.11 Å². The number of piperidine rings is 1. The molecule has 1 saturated heterocycles. The number of anilines is 1. The van der Waals surface area contributed by atoms with Gasteiger partial charge in [-0.1, -0.05) is 13.3 Å². The number of aliphatic hydroxyl groups excluding tert-OH is 1. The van der Waals surface area contributed by atoms with Crippen LogP contribution >= 0.6 is 0 Å². The molecule has 0 radical (unpaired) electrons. The summed E-state index contributed by atoms with van der Waals surface area (Å²) in [6, 6.07) is 4.02. The zero-order chi connectivity index (χ0) is 13.7. The van der Waals surface area contributed by atoms with Gasteiger partial charge in [0.05, 0.1) is 12.7 Å². The van der Waals surface area contributed by atoms with E-state index in [1.165, 1.54) is 0 Å². The van der Waals surface area contributed by atoms with Crippen LogP contribution in [0, 0.1) is 0 Å². The third-order valence-electron chi connectivity index (χ3n) is 3.71. The average molecular weight is 264 g/mol. The normalized spacial score (nSPS) is 16.9. The highest BCUT2D eigenvalue weighted by atomic mass is 16.5. The summed E-state index contributed by atoms with van der Waals surface area (Å²) in [4.78, 5) is 7.02. The van der Waals surface area contributed by atoms with Gasteiger partial charge in [0, 0.05) is 25.9 Å². The van der Waals surface area contributed by atoms with E-state index in [2.05, 4.69) is 11.8 Å². The number of hydrogen-bond donors (Lipinski definition) is 1. The van der Waals surface area contributed by atoms with Gasteiger partial charge < -0.3 is 14.7 Å². The maximum atomic E-state index is 9.37. The molecule has 0 aliphatic carbocycles. The fourth-order valence-electron chi connectivity index (χ4n) is 2.59. The second-order valence-electron chi connectivity index (χ2n) is 5.16. The van der Waals surface area contributed by atoms with Gasteiger partial charge in [-0.3, -0.25) is 0 Å². The Morgan fingerprint density at radius 3 is 2.68 bits per heavy atom. The minimum atomic E-state index is 0.0841. The number of aliphatic hydroxyl groups is 1. The van der Waals surface area contributed by atoms with Crippen molar-refractivity contribution in [3.8, 4) is 0 Å². The molecule has 1 N–H and O–H groups in total. The zero-order valence-corrected chi connectivity index (χ0v) is 11.9. The molecule has 2 rings (SSSR count). The van der Waals surface area contributed by atoms with Crippen LogP contribution in [0.2, 0.25) is 0 Å². The SMILES string of the molecule is CCCc1cc(CO)cc(N2CCC(OC)CC2)n1. The molecule has 2 heterocycles. The molecule has 1 aromatic heterocycles. The summed E-state index contributed by atoms with van der Waals surface area (Å²) in [5.74, 6) is 1.00. The molecule has 0 saturated carbocycles.